The highest BCUT2D eigenvalue weighted by molar-refractivity contribution is 5.81. The van der Waals surface area contributed by atoms with E-state index in [0.29, 0.717) is 18.7 Å². The van der Waals surface area contributed by atoms with Gasteiger partial charge in [0.1, 0.15) is 5.54 Å². The zero-order valence-electron chi connectivity index (χ0n) is 12.5. The summed E-state index contributed by atoms with van der Waals surface area (Å²) in [5.74, 6) is 0.543. The lowest BCUT2D eigenvalue weighted by Gasteiger charge is -2.41. The SMILES string of the molecule is CCOC(=O)C1(N)CCC(N2CC(C)CCC2C)C1. The van der Waals surface area contributed by atoms with Gasteiger partial charge < -0.3 is 10.5 Å². The third-order valence-electron chi connectivity index (χ3n) is 4.84. The summed E-state index contributed by atoms with van der Waals surface area (Å²) in [5, 5.41) is 0. The largest absolute Gasteiger partial charge is 0.465 e. The van der Waals surface area contributed by atoms with Crippen LogP contribution in [0.15, 0.2) is 0 Å². The van der Waals surface area contributed by atoms with E-state index >= 15 is 0 Å². The van der Waals surface area contributed by atoms with Gasteiger partial charge in [-0.05, 0) is 51.9 Å². The Bertz CT molecular complexity index is 334. The summed E-state index contributed by atoms with van der Waals surface area (Å²) in [6.45, 7) is 8.01. The number of carbonyl (C=O) groups is 1. The van der Waals surface area contributed by atoms with E-state index in [2.05, 4.69) is 18.7 Å². The first-order chi connectivity index (χ1) is 8.96. The van der Waals surface area contributed by atoms with Crippen molar-refractivity contribution < 1.29 is 9.53 Å². The molecule has 0 bridgehead atoms. The van der Waals surface area contributed by atoms with Crippen molar-refractivity contribution in [3.63, 3.8) is 0 Å². The molecule has 4 unspecified atom stereocenters. The van der Waals surface area contributed by atoms with Crippen molar-refractivity contribution in [3.05, 3.63) is 0 Å². The number of hydrogen-bond acceptors (Lipinski definition) is 4. The van der Waals surface area contributed by atoms with Crippen LogP contribution < -0.4 is 5.73 Å². The number of nitrogens with zero attached hydrogens (tertiary/aromatic N) is 1. The standard InChI is InChI=1S/C15H28N2O2/c1-4-19-14(18)15(16)8-7-13(9-15)17-10-11(2)5-6-12(17)3/h11-13H,4-10,16H2,1-3H3. The number of piperidine rings is 1. The zero-order chi connectivity index (χ0) is 14.0. The van der Waals surface area contributed by atoms with Crippen molar-refractivity contribution >= 4 is 5.97 Å². The van der Waals surface area contributed by atoms with Crippen molar-refractivity contribution in [3.8, 4) is 0 Å². The molecule has 4 nitrogen and oxygen atoms in total. The summed E-state index contributed by atoms with van der Waals surface area (Å²) in [6.07, 6.45) is 5.11. The van der Waals surface area contributed by atoms with Crippen LogP contribution in [-0.4, -0.2) is 41.6 Å². The van der Waals surface area contributed by atoms with Gasteiger partial charge in [0.2, 0.25) is 0 Å². The molecule has 2 fully saturated rings. The van der Waals surface area contributed by atoms with Crippen LogP contribution in [0.3, 0.4) is 0 Å². The Morgan fingerprint density at radius 2 is 2.11 bits per heavy atom. The normalized spacial score (nSPS) is 40.3. The van der Waals surface area contributed by atoms with Crippen LogP contribution in [0.5, 0.6) is 0 Å². The highest BCUT2D eigenvalue weighted by Crippen LogP contribution is 2.36. The summed E-state index contributed by atoms with van der Waals surface area (Å²) < 4.78 is 5.13. The molecular weight excluding hydrogens is 240 g/mol. The Morgan fingerprint density at radius 3 is 2.79 bits per heavy atom. The van der Waals surface area contributed by atoms with Crippen molar-refractivity contribution in [2.45, 2.75) is 70.5 Å². The van der Waals surface area contributed by atoms with E-state index in [0.717, 1.165) is 31.7 Å². The molecule has 2 N–H and O–H groups in total. The van der Waals surface area contributed by atoms with E-state index < -0.39 is 5.54 Å². The van der Waals surface area contributed by atoms with Crippen LogP contribution in [0, 0.1) is 5.92 Å². The quantitative estimate of drug-likeness (QED) is 0.795. The minimum atomic E-state index is -0.749. The molecule has 4 heteroatoms. The van der Waals surface area contributed by atoms with Gasteiger partial charge >= 0.3 is 5.97 Å². The second-order valence-electron chi connectivity index (χ2n) is 6.50. The third-order valence-corrected chi connectivity index (χ3v) is 4.84. The molecule has 4 atom stereocenters. The molecule has 0 aromatic rings. The molecule has 1 aliphatic heterocycles. The number of rotatable bonds is 3. The van der Waals surface area contributed by atoms with Crippen LogP contribution in [0.4, 0.5) is 0 Å². The van der Waals surface area contributed by atoms with E-state index in [-0.39, 0.29) is 5.97 Å². The van der Waals surface area contributed by atoms with Gasteiger partial charge in [0.25, 0.3) is 0 Å². The van der Waals surface area contributed by atoms with E-state index in [1.54, 1.807) is 0 Å². The number of nitrogens with two attached hydrogens (primary N) is 1. The predicted octanol–water partition coefficient (Wildman–Crippen LogP) is 1.92. The molecule has 2 rings (SSSR count). The maximum Gasteiger partial charge on any atom is 0.326 e. The average Bonchev–Trinajstić information content (AvgIpc) is 2.77. The highest BCUT2D eigenvalue weighted by Gasteiger charge is 2.46. The van der Waals surface area contributed by atoms with Crippen molar-refractivity contribution in [2.75, 3.05) is 13.2 Å². The molecule has 110 valence electrons. The van der Waals surface area contributed by atoms with Gasteiger partial charge in [-0.25, -0.2) is 0 Å². The number of ether oxygens (including phenoxy) is 1. The molecule has 0 aromatic carbocycles. The van der Waals surface area contributed by atoms with Gasteiger partial charge in [0.15, 0.2) is 0 Å². The number of hydrogen-bond donors (Lipinski definition) is 1. The molecule has 1 saturated heterocycles. The summed E-state index contributed by atoms with van der Waals surface area (Å²) in [6, 6.07) is 1.07. The van der Waals surface area contributed by atoms with E-state index in [9.17, 15) is 4.79 Å². The van der Waals surface area contributed by atoms with Gasteiger partial charge in [-0.3, -0.25) is 9.69 Å². The fraction of sp³-hybridized carbons (Fsp3) is 0.933. The molecule has 2 aliphatic rings. The molecule has 0 spiro atoms. The molecule has 0 aromatic heterocycles. The lowest BCUT2D eigenvalue weighted by Crippen LogP contribution is -2.51. The molecular formula is C15H28N2O2. The second kappa shape index (κ2) is 5.80. The van der Waals surface area contributed by atoms with Gasteiger partial charge in [-0.15, -0.1) is 0 Å². The third kappa shape index (κ3) is 3.11. The van der Waals surface area contributed by atoms with Crippen LogP contribution >= 0.6 is 0 Å². The van der Waals surface area contributed by atoms with Crippen molar-refractivity contribution in [2.24, 2.45) is 11.7 Å². The Kier molecular flexibility index (Phi) is 4.51. The van der Waals surface area contributed by atoms with E-state index in [4.69, 9.17) is 10.5 Å². The Balaban J connectivity index is 1.99. The molecule has 1 saturated carbocycles. The summed E-state index contributed by atoms with van der Waals surface area (Å²) in [7, 11) is 0. The number of carbonyl (C=O) groups excluding carboxylic acids is 1. The van der Waals surface area contributed by atoms with Gasteiger partial charge in [-0.2, -0.15) is 0 Å². The van der Waals surface area contributed by atoms with E-state index in [1.165, 1.54) is 12.8 Å². The number of esters is 1. The fourth-order valence-electron chi connectivity index (χ4n) is 3.62. The molecule has 1 aliphatic carbocycles. The minimum absolute atomic E-state index is 0.213. The lowest BCUT2D eigenvalue weighted by atomic mass is 9.92. The molecule has 0 amide bonds. The maximum absolute atomic E-state index is 12.0. The first-order valence-electron chi connectivity index (χ1n) is 7.68. The topological polar surface area (TPSA) is 55.6 Å². The van der Waals surface area contributed by atoms with Gasteiger partial charge in [-0.1, -0.05) is 6.92 Å². The Hall–Kier alpha value is -0.610. The van der Waals surface area contributed by atoms with Crippen molar-refractivity contribution in [1.82, 2.24) is 4.90 Å². The Labute approximate surface area is 116 Å². The van der Waals surface area contributed by atoms with E-state index in [1.807, 2.05) is 6.92 Å². The fourth-order valence-corrected chi connectivity index (χ4v) is 3.62. The zero-order valence-corrected chi connectivity index (χ0v) is 12.5. The van der Waals surface area contributed by atoms with Crippen LogP contribution in [-0.2, 0) is 9.53 Å². The molecule has 19 heavy (non-hydrogen) atoms. The number of likely N-dealkylation sites (tertiary alicyclic amines) is 1. The van der Waals surface area contributed by atoms with Gasteiger partial charge in [0, 0.05) is 18.6 Å². The van der Waals surface area contributed by atoms with Crippen LogP contribution in [0.1, 0.15) is 52.9 Å². The summed E-state index contributed by atoms with van der Waals surface area (Å²) >= 11 is 0. The average molecular weight is 268 g/mol. The lowest BCUT2D eigenvalue weighted by molar-refractivity contribution is -0.149. The second-order valence-corrected chi connectivity index (χ2v) is 6.50. The van der Waals surface area contributed by atoms with Crippen molar-refractivity contribution in [1.29, 1.82) is 0 Å². The van der Waals surface area contributed by atoms with Gasteiger partial charge in [0.05, 0.1) is 6.61 Å². The predicted molar refractivity (Wildman–Crippen MR) is 75.8 cm³/mol. The first-order valence-corrected chi connectivity index (χ1v) is 7.68. The summed E-state index contributed by atoms with van der Waals surface area (Å²) in [5.41, 5.74) is 5.52. The first kappa shape index (κ1) is 14.8. The highest BCUT2D eigenvalue weighted by atomic mass is 16.5. The maximum atomic E-state index is 12.0. The monoisotopic (exact) mass is 268 g/mol. The smallest absolute Gasteiger partial charge is 0.326 e. The Morgan fingerprint density at radius 1 is 1.37 bits per heavy atom. The minimum Gasteiger partial charge on any atom is -0.465 e. The molecule has 1 heterocycles. The molecule has 0 radical (unpaired) electrons. The summed E-state index contributed by atoms with van der Waals surface area (Å²) in [4.78, 5) is 14.5. The van der Waals surface area contributed by atoms with Crippen LogP contribution in [0.2, 0.25) is 0 Å². The van der Waals surface area contributed by atoms with Crippen LogP contribution in [0.25, 0.3) is 0 Å².